The predicted octanol–water partition coefficient (Wildman–Crippen LogP) is 2.73. The summed E-state index contributed by atoms with van der Waals surface area (Å²) >= 11 is 0. The first kappa shape index (κ1) is 16.9. The highest BCUT2D eigenvalue weighted by Gasteiger charge is 2.32. The van der Waals surface area contributed by atoms with E-state index in [2.05, 4.69) is 15.0 Å². The van der Waals surface area contributed by atoms with Gasteiger partial charge in [0, 0.05) is 48.9 Å². The Hall–Kier alpha value is -2.50. The Bertz CT molecular complexity index is 827. The minimum atomic E-state index is -0.161. The van der Waals surface area contributed by atoms with E-state index < -0.39 is 0 Å². The summed E-state index contributed by atoms with van der Waals surface area (Å²) in [7, 11) is 0. The van der Waals surface area contributed by atoms with Crippen molar-refractivity contribution in [1.82, 2.24) is 19.9 Å². The minimum absolute atomic E-state index is 0.125. The van der Waals surface area contributed by atoms with Crippen LogP contribution < -0.4 is 5.56 Å². The Morgan fingerprint density at radius 2 is 2.04 bits per heavy atom. The molecule has 2 aromatic heterocycles. The van der Waals surface area contributed by atoms with E-state index in [0.29, 0.717) is 18.3 Å². The van der Waals surface area contributed by atoms with Gasteiger partial charge in [0.1, 0.15) is 5.82 Å². The molecule has 6 heteroatoms. The van der Waals surface area contributed by atoms with Crippen LogP contribution in [0.15, 0.2) is 35.4 Å². The Morgan fingerprint density at radius 3 is 2.81 bits per heavy atom. The second-order valence-corrected chi connectivity index (χ2v) is 7.37. The first-order valence-corrected chi connectivity index (χ1v) is 9.51. The van der Waals surface area contributed by atoms with Crippen LogP contribution in [-0.2, 0) is 4.79 Å². The maximum absolute atomic E-state index is 12.8. The Morgan fingerprint density at radius 1 is 1.19 bits per heavy atom. The fourth-order valence-electron chi connectivity index (χ4n) is 4.13. The van der Waals surface area contributed by atoms with Crippen LogP contribution in [0.4, 0.5) is 0 Å². The van der Waals surface area contributed by atoms with Crippen molar-refractivity contribution in [1.29, 1.82) is 0 Å². The minimum Gasteiger partial charge on any atom is -0.342 e. The molecule has 3 heterocycles. The standard InChI is InChI=1S/C20H24N4O2/c25-18-11-17(22-19(23-18)15-7-4-9-21-12-15)16-8-10-24(13-16)20(26)14-5-2-1-3-6-14/h4,7,9,11-12,14,16H,1-3,5-6,8,10,13H2,(H,22,23,25)/t16-/m0/s1. The number of hydrogen-bond acceptors (Lipinski definition) is 4. The maximum Gasteiger partial charge on any atom is 0.251 e. The smallest absolute Gasteiger partial charge is 0.251 e. The Kier molecular flexibility index (Phi) is 4.82. The van der Waals surface area contributed by atoms with Gasteiger partial charge in [-0.25, -0.2) is 4.98 Å². The highest BCUT2D eigenvalue weighted by molar-refractivity contribution is 5.79. The number of aromatic nitrogens is 3. The molecular weight excluding hydrogens is 328 g/mol. The van der Waals surface area contributed by atoms with E-state index in [1.54, 1.807) is 18.5 Å². The van der Waals surface area contributed by atoms with Crippen molar-refractivity contribution in [2.75, 3.05) is 13.1 Å². The third kappa shape index (κ3) is 3.54. The Labute approximate surface area is 152 Å². The van der Waals surface area contributed by atoms with Gasteiger partial charge in [-0.05, 0) is 31.4 Å². The summed E-state index contributed by atoms with van der Waals surface area (Å²) in [5, 5.41) is 0. The molecule has 136 valence electrons. The van der Waals surface area contributed by atoms with Crippen LogP contribution in [0.1, 0.15) is 50.1 Å². The second kappa shape index (κ2) is 7.40. The molecule has 2 fully saturated rings. The molecule has 4 rings (SSSR count). The molecule has 2 aromatic rings. The molecule has 1 aliphatic heterocycles. The molecule has 0 spiro atoms. The Balaban J connectivity index is 1.51. The highest BCUT2D eigenvalue weighted by atomic mass is 16.2. The summed E-state index contributed by atoms with van der Waals surface area (Å²) < 4.78 is 0. The van der Waals surface area contributed by atoms with Crippen LogP contribution in [0, 0.1) is 5.92 Å². The molecule has 0 unspecified atom stereocenters. The van der Waals surface area contributed by atoms with E-state index in [1.165, 1.54) is 6.42 Å². The van der Waals surface area contributed by atoms with Gasteiger partial charge in [-0.1, -0.05) is 19.3 Å². The lowest BCUT2D eigenvalue weighted by Gasteiger charge is -2.26. The fraction of sp³-hybridized carbons (Fsp3) is 0.500. The van der Waals surface area contributed by atoms with Crippen molar-refractivity contribution in [3.8, 4) is 11.4 Å². The number of H-pyrrole nitrogens is 1. The van der Waals surface area contributed by atoms with Gasteiger partial charge in [0.25, 0.3) is 5.56 Å². The molecule has 0 aromatic carbocycles. The number of pyridine rings is 1. The number of likely N-dealkylation sites (tertiary alicyclic amines) is 1. The molecule has 6 nitrogen and oxygen atoms in total. The number of carbonyl (C=O) groups is 1. The van der Waals surface area contributed by atoms with Crippen LogP contribution in [-0.4, -0.2) is 38.8 Å². The first-order valence-electron chi connectivity index (χ1n) is 9.51. The van der Waals surface area contributed by atoms with Crippen molar-refractivity contribution in [2.24, 2.45) is 5.92 Å². The van der Waals surface area contributed by atoms with Gasteiger partial charge in [-0.3, -0.25) is 14.6 Å². The summed E-state index contributed by atoms with van der Waals surface area (Å²) in [6, 6.07) is 5.27. The van der Waals surface area contributed by atoms with Crippen LogP contribution >= 0.6 is 0 Å². The summed E-state index contributed by atoms with van der Waals surface area (Å²) in [5.41, 5.74) is 1.40. The molecule has 0 bridgehead atoms. The summed E-state index contributed by atoms with van der Waals surface area (Å²) in [6.45, 7) is 1.43. The number of nitrogens with zero attached hydrogens (tertiary/aromatic N) is 3. The molecule has 26 heavy (non-hydrogen) atoms. The summed E-state index contributed by atoms with van der Waals surface area (Å²) in [5.74, 6) is 1.16. The van der Waals surface area contributed by atoms with Gasteiger partial charge >= 0.3 is 0 Å². The lowest BCUT2D eigenvalue weighted by atomic mass is 9.88. The third-order valence-electron chi connectivity index (χ3n) is 5.57. The molecule has 1 atom stereocenters. The lowest BCUT2D eigenvalue weighted by molar-refractivity contribution is -0.135. The van der Waals surface area contributed by atoms with Crippen LogP contribution in [0.25, 0.3) is 11.4 Å². The van der Waals surface area contributed by atoms with Crippen molar-refractivity contribution in [2.45, 2.75) is 44.4 Å². The first-order chi connectivity index (χ1) is 12.7. The zero-order valence-corrected chi connectivity index (χ0v) is 14.9. The second-order valence-electron chi connectivity index (χ2n) is 7.37. The molecule has 1 saturated carbocycles. The number of aromatic amines is 1. The average Bonchev–Trinajstić information content (AvgIpc) is 3.18. The SMILES string of the molecule is O=C(C1CCCCC1)N1CC[C@H](c2cc(=O)[nH]c(-c3cccnc3)n2)C1. The number of nitrogens with one attached hydrogen (secondary N) is 1. The number of amides is 1. The fourth-order valence-corrected chi connectivity index (χ4v) is 4.13. The van der Waals surface area contributed by atoms with E-state index >= 15 is 0 Å². The molecule has 0 radical (unpaired) electrons. The molecule has 1 aliphatic carbocycles. The number of rotatable bonds is 3. The predicted molar refractivity (Wildman–Crippen MR) is 98.6 cm³/mol. The van der Waals surface area contributed by atoms with E-state index in [4.69, 9.17) is 0 Å². The van der Waals surface area contributed by atoms with Gasteiger partial charge in [-0.2, -0.15) is 0 Å². The highest BCUT2D eigenvalue weighted by Crippen LogP contribution is 2.31. The zero-order valence-electron chi connectivity index (χ0n) is 14.9. The topological polar surface area (TPSA) is 79.0 Å². The van der Waals surface area contributed by atoms with Crippen molar-refractivity contribution in [3.05, 3.63) is 46.6 Å². The van der Waals surface area contributed by atoms with E-state index in [0.717, 1.165) is 49.9 Å². The van der Waals surface area contributed by atoms with Crippen LogP contribution in [0.5, 0.6) is 0 Å². The van der Waals surface area contributed by atoms with Gasteiger partial charge in [0.15, 0.2) is 0 Å². The van der Waals surface area contributed by atoms with E-state index in [1.807, 2.05) is 17.0 Å². The molecule has 1 N–H and O–H groups in total. The monoisotopic (exact) mass is 352 g/mol. The van der Waals surface area contributed by atoms with Crippen molar-refractivity contribution >= 4 is 5.91 Å². The zero-order chi connectivity index (χ0) is 17.9. The van der Waals surface area contributed by atoms with Gasteiger partial charge in [0.05, 0.1) is 5.69 Å². The normalized spacial score (nSPS) is 21.1. The van der Waals surface area contributed by atoms with Gasteiger partial charge < -0.3 is 9.88 Å². The number of carbonyl (C=O) groups excluding carboxylic acids is 1. The largest absolute Gasteiger partial charge is 0.342 e. The summed E-state index contributed by atoms with van der Waals surface area (Å²) in [4.78, 5) is 38.4. The third-order valence-corrected chi connectivity index (χ3v) is 5.57. The number of hydrogen-bond donors (Lipinski definition) is 1. The molecule has 1 saturated heterocycles. The van der Waals surface area contributed by atoms with E-state index in [9.17, 15) is 9.59 Å². The van der Waals surface area contributed by atoms with Gasteiger partial charge in [0.2, 0.25) is 5.91 Å². The van der Waals surface area contributed by atoms with Gasteiger partial charge in [-0.15, -0.1) is 0 Å². The molecule has 1 amide bonds. The van der Waals surface area contributed by atoms with E-state index in [-0.39, 0.29) is 17.4 Å². The lowest BCUT2D eigenvalue weighted by Crippen LogP contribution is -2.35. The quantitative estimate of drug-likeness (QED) is 0.921. The van der Waals surface area contributed by atoms with Crippen molar-refractivity contribution < 1.29 is 4.79 Å². The van der Waals surface area contributed by atoms with Crippen LogP contribution in [0.3, 0.4) is 0 Å². The average molecular weight is 352 g/mol. The van der Waals surface area contributed by atoms with Crippen LogP contribution in [0.2, 0.25) is 0 Å². The van der Waals surface area contributed by atoms with Crippen molar-refractivity contribution in [3.63, 3.8) is 0 Å². The summed E-state index contributed by atoms with van der Waals surface area (Å²) in [6.07, 6.45) is 9.87. The maximum atomic E-state index is 12.8. The molecular formula is C20H24N4O2. The molecule has 2 aliphatic rings.